The molecule has 0 amide bonds. The molecule has 0 aromatic heterocycles. The second kappa shape index (κ2) is 4.81. The van der Waals surface area contributed by atoms with E-state index >= 15 is 0 Å². The summed E-state index contributed by atoms with van der Waals surface area (Å²) in [6, 6.07) is 2.46. The Kier molecular flexibility index (Phi) is 3.93. The van der Waals surface area contributed by atoms with Gasteiger partial charge in [0.2, 0.25) is 0 Å². The average Bonchev–Trinajstić information content (AvgIpc) is 2.14. The number of hydrogen-bond donors (Lipinski definition) is 1. The first-order chi connectivity index (χ1) is 6.95. The molecular formula is C9H8ClF4N. The summed E-state index contributed by atoms with van der Waals surface area (Å²) in [7, 11) is 0. The summed E-state index contributed by atoms with van der Waals surface area (Å²) in [5.41, 5.74) is -0.779. The lowest BCUT2D eigenvalue weighted by Crippen LogP contribution is -2.09. The molecule has 6 heteroatoms. The van der Waals surface area contributed by atoms with Gasteiger partial charge in [-0.1, -0.05) is 6.07 Å². The van der Waals surface area contributed by atoms with E-state index in [0.29, 0.717) is 12.6 Å². The van der Waals surface area contributed by atoms with Crippen molar-refractivity contribution in [3.8, 4) is 0 Å². The molecule has 0 aliphatic carbocycles. The Morgan fingerprint density at radius 1 is 1.27 bits per heavy atom. The van der Waals surface area contributed by atoms with Crippen LogP contribution in [-0.4, -0.2) is 6.54 Å². The van der Waals surface area contributed by atoms with Crippen molar-refractivity contribution >= 4 is 11.8 Å². The van der Waals surface area contributed by atoms with E-state index in [1.807, 2.05) is 0 Å². The molecule has 0 spiro atoms. The highest BCUT2D eigenvalue weighted by atomic mass is 35.5. The molecule has 0 radical (unpaired) electrons. The van der Waals surface area contributed by atoms with Crippen LogP contribution in [0.15, 0.2) is 18.2 Å². The summed E-state index contributed by atoms with van der Waals surface area (Å²) in [6.45, 7) is 0.295. The zero-order chi connectivity index (χ0) is 11.5. The fourth-order valence-corrected chi connectivity index (χ4v) is 1.20. The molecule has 0 saturated heterocycles. The first-order valence-corrected chi connectivity index (χ1v) is 4.52. The van der Waals surface area contributed by atoms with Gasteiger partial charge in [0.05, 0.1) is 5.56 Å². The van der Waals surface area contributed by atoms with Crippen molar-refractivity contribution in [3.05, 3.63) is 35.1 Å². The van der Waals surface area contributed by atoms with Gasteiger partial charge in [-0.3, -0.25) is 0 Å². The SMILES string of the molecule is Fc1cc(C(F)(F)F)ccc1CCNCl. The van der Waals surface area contributed by atoms with Gasteiger partial charge < -0.3 is 0 Å². The highest BCUT2D eigenvalue weighted by molar-refractivity contribution is 6.13. The third-order valence-electron chi connectivity index (χ3n) is 1.87. The van der Waals surface area contributed by atoms with E-state index in [0.717, 1.165) is 12.1 Å². The first-order valence-electron chi connectivity index (χ1n) is 4.14. The van der Waals surface area contributed by atoms with Crippen molar-refractivity contribution in [1.29, 1.82) is 0 Å². The van der Waals surface area contributed by atoms with Crippen LogP contribution in [0.25, 0.3) is 0 Å². The van der Waals surface area contributed by atoms with Crippen LogP contribution in [0.3, 0.4) is 0 Å². The maximum Gasteiger partial charge on any atom is 0.416 e. The van der Waals surface area contributed by atoms with Crippen molar-refractivity contribution in [2.75, 3.05) is 6.54 Å². The average molecular weight is 242 g/mol. The molecule has 0 bridgehead atoms. The molecule has 1 aromatic rings. The van der Waals surface area contributed by atoms with E-state index in [4.69, 9.17) is 11.8 Å². The molecular weight excluding hydrogens is 234 g/mol. The van der Waals surface area contributed by atoms with Gasteiger partial charge >= 0.3 is 6.18 Å². The molecule has 1 N–H and O–H groups in total. The van der Waals surface area contributed by atoms with Crippen LogP contribution in [0.4, 0.5) is 17.6 Å². The molecule has 0 aliphatic rings. The van der Waals surface area contributed by atoms with Gasteiger partial charge in [0.1, 0.15) is 5.82 Å². The zero-order valence-corrected chi connectivity index (χ0v) is 8.29. The quantitative estimate of drug-likeness (QED) is 0.633. The third kappa shape index (κ3) is 3.35. The van der Waals surface area contributed by atoms with E-state index in [2.05, 4.69) is 4.84 Å². The third-order valence-corrected chi connectivity index (χ3v) is 2.06. The Labute approximate surface area is 89.2 Å². The fourth-order valence-electron chi connectivity index (χ4n) is 1.11. The van der Waals surface area contributed by atoms with Crippen molar-refractivity contribution in [1.82, 2.24) is 4.84 Å². The zero-order valence-electron chi connectivity index (χ0n) is 7.54. The number of hydrogen-bond acceptors (Lipinski definition) is 1. The van der Waals surface area contributed by atoms with Gasteiger partial charge in [-0.25, -0.2) is 9.23 Å². The standard InChI is InChI=1S/C9H8ClF4N/c10-15-4-3-6-1-2-7(5-8(6)11)9(12,13)14/h1-2,5,15H,3-4H2. The van der Waals surface area contributed by atoms with E-state index < -0.39 is 17.6 Å². The van der Waals surface area contributed by atoms with Gasteiger partial charge in [-0.15, -0.1) is 0 Å². The number of nitrogens with one attached hydrogen (secondary N) is 1. The highest BCUT2D eigenvalue weighted by Crippen LogP contribution is 2.30. The van der Waals surface area contributed by atoms with Gasteiger partial charge in [-0.05, 0) is 35.9 Å². The minimum atomic E-state index is -4.51. The molecule has 15 heavy (non-hydrogen) atoms. The minimum Gasteiger partial charge on any atom is -0.233 e. The summed E-state index contributed by atoms with van der Waals surface area (Å²) < 4.78 is 49.6. The van der Waals surface area contributed by atoms with Gasteiger partial charge in [-0.2, -0.15) is 13.2 Å². The molecule has 1 rings (SSSR count). The Morgan fingerprint density at radius 2 is 1.93 bits per heavy atom. The molecule has 0 unspecified atom stereocenters. The topological polar surface area (TPSA) is 12.0 Å². The molecule has 84 valence electrons. The van der Waals surface area contributed by atoms with Gasteiger partial charge in [0, 0.05) is 6.54 Å². The second-order valence-electron chi connectivity index (χ2n) is 2.94. The molecule has 1 nitrogen and oxygen atoms in total. The molecule has 0 atom stereocenters. The smallest absolute Gasteiger partial charge is 0.233 e. The second-order valence-corrected chi connectivity index (χ2v) is 3.20. The van der Waals surface area contributed by atoms with E-state index in [1.54, 1.807) is 0 Å². The summed E-state index contributed by atoms with van der Waals surface area (Å²) >= 11 is 5.16. The molecule has 0 fully saturated rings. The summed E-state index contributed by atoms with van der Waals surface area (Å²) in [6.07, 6.45) is -4.27. The van der Waals surface area contributed by atoms with Crippen LogP contribution in [0.1, 0.15) is 11.1 Å². The predicted octanol–water partition coefficient (Wildman–Crippen LogP) is 3.13. The Morgan fingerprint density at radius 3 is 2.40 bits per heavy atom. The van der Waals surface area contributed by atoms with Crippen molar-refractivity contribution in [2.24, 2.45) is 0 Å². The van der Waals surface area contributed by atoms with Crippen LogP contribution >= 0.6 is 11.8 Å². The molecule has 0 saturated carbocycles. The minimum absolute atomic E-state index is 0.205. The lowest BCUT2D eigenvalue weighted by molar-refractivity contribution is -0.137. The molecule has 0 aliphatic heterocycles. The lowest BCUT2D eigenvalue weighted by atomic mass is 10.1. The summed E-state index contributed by atoms with van der Waals surface area (Å²) in [5, 5.41) is 0. The van der Waals surface area contributed by atoms with E-state index in [-0.39, 0.29) is 12.0 Å². The Bertz CT molecular complexity index is 337. The number of halogens is 5. The first kappa shape index (κ1) is 12.3. The maximum atomic E-state index is 13.1. The van der Waals surface area contributed by atoms with Crippen molar-refractivity contribution in [2.45, 2.75) is 12.6 Å². The number of rotatable bonds is 3. The maximum absolute atomic E-state index is 13.1. The number of alkyl halides is 3. The monoisotopic (exact) mass is 241 g/mol. The van der Waals surface area contributed by atoms with Gasteiger partial charge in [0.25, 0.3) is 0 Å². The van der Waals surface area contributed by atoms with Gasteiger partial charge in [0.15, 0.2) is 0 Å². The molecule has 0 heterocycles. The number of benzene rings is 1. The Balaban J connectivity index is 2.88. The summed E-state index contributed by atoms with van der Waals surface area (Å²) in [4.78, 5) is 2.27. The van der Waals surface area contributed by atoms with Crippen LogP contribution < -0.4 is 4.84 Å². The predicted molar refractivity (Wildman–Crippen MR) is 49.0 cm³/mol. The largest absolute Gasteiger partial charge is 0.416 e. The van der Waals surface area contributed by atoms with E-state index in [1.165, 1.54) is 0 Å². The van der Waals surface area contributed by atoms with Crippen molar-refractivity contribution < 1.29 is 17.6 Å². The molecule has 1 aromatic carbocycles. The van der Waals surface area contributed by atoms with Crippen LogP contribution in [0, 0.1) is 5.82 Å². The van der Waals surface area contributed by atoms with Crippen LogP contribution in [0.5, 0.6) is 0 Å². The van der Waals surface area contributed by atoms with Crippen LogP contribution in [-0.2, 0) is 12.6 Å². The Hall–Kier alpha value is -0.810. The van der Waals surface area contributed by atoms with E-state index in [9.17, 15) is 17.6 Å². The fraction of sp³-hybridized carbons (Fsp3) is 0.333. The normalized spacial score (nSPS) is 11.8. The highest BCUT2D eigenvalue weighted by Gasteiger charge is 2.30. The lowest BCUT2D eigenvalue weighted by Gasteiger charge is -2.08. The van der Waals surface area contributed by atoms with Crippen LogP contribution in [0.2, 0.25) is 0 Å². The van der Waals surface area contributed by atoms with Crippen molar-refractivity contribution in [3.63, 3.8) is 0 Å². The summed E-state index contributed by atoms with van der Waals surface area (Å²) in [5.74, 6) is -0.864.